The topological polar surface area (TPSA) is 0 Å². The van der Waals surface area contributed by atoms with Gasteiger partial charge in [-0.15, -0.1) is 47.0 Å². The van der Waals surface area contributed by atoms with E-state index in [2.05, 4.69) is 88.6 Å². The van der Waals surface area contributed by atoms with Crippen LogP contribution in [0.5, 0.6) is 0 Å². The molecule has 0 unspecified atom stereocenters. The van der Waals surface area contributed by atoms with Crippen LogP contribution in [-0.2, 0) is 0 Å². The quantitative estimate of drug-likeness (QED) is 0.0547. The molecule has 0 atom stereocenters. The van der Waals surface area contributed by atoms with Crippen molar-refractivity contribution in [1.82, 2.24) is 0 Å². The van der Waals surface area contributed by atoms with Gasteiger partial charge in [0.05, 0.1) is 0 Å². The van der Waals surface area contributed by atoms with E-state index in [9.17, 15) is 0 Å². The highest BCUT2D eigenvalue weighted by Crippen LogP contribution is 2.48. The van der Waals surface area contributed by atoms with Crippen LogP contribution in [-0.4, -0.2) is 23.0 Å². The molecule has 0 aromatic heterocycles. The van der Waals surface area contributed by atoms with Crippen LogP contribution >= 0.6 is 47.0 Å². The van der Waals surface area contributed by atoms with Gasteiger partial charge in [0.25, 0.3) is 0 Å². The summed E-state index contributed by atoms with van der Waals surface area (Å²) in [4.78, 5) is 6.61. The number of benzene rings is 1. The lowest BCUT2D eigenvalue weighted by Crippen LogP contribution is -2.00. The van der Waals surface area contributed by atoms with Crippen LogP contribution in [0.15, 0.2) is 19.6 Å². The average Bonchev–Trinajstić information content (AvgIpc) is 3.03. The van der Waals surface area contributed by atoms with Crippen molar-refractivity contribution in [1.29, 1.82) is 0 Å². The smallest absolute Gasteiger partial charge is 0.0358 e. The molecule has 0 amide bonds. The van der Waals surface area contributed by atoms with E-state index < -0.39 is 0 Å². The van der Waals surface area contributed by atoms with Crippen LogP contribution in [0.25, 0.3) is 0 Å². The van der Waals surface area contributed by atoms with Crippen LogP contribution in [0.1, 0.15) is 193 Å². The van der Waals surface area contributed by atoms with Crippen molar-refractivity contribution in [3.8, 4) is 0 Å². The summed E-state index contributed by atoms with van der Waals surface area (Å²) in [5.41, 5.74) is 3.17. The highest BCUT2D eigenvalue weighted by atomic mass is 32.2. The van der Waals surface area contributed by atoms with E-state index in [1.165, 1.54) is 177 Å². The summed E-state index contributed by atoms with van der Waals surface area (Å²) in [6.45, 7) is 14.2. The van der Waals surface area contributed by atoms with Crippen molar-refractivity contribution >= 4 is 47.0 Å². The van der Waals surface area contributed by atoms with Crippen molar-refractivity contribution in [3.05, 3.63) is 11.1 Å². The zero-order valence-electron chi connectivity index (χ0n) is 30.4. The van der Waals surface area contributed by atoms with E-state index in [1.54, 1.807) is 30.7 Å². The predicted molar refractivity (Wildman–Crippen MR) is 212 cm³/mol. The van der Waals surface area contributed by atoms with E-state index in [1.807, 2.05) is 0 Å². The van der Waals surface area contributed by atoms with Gasteiger partial charge < -0.3 is 0 Å². The Labute approximate surface area is 294 Å². The van der Waals surface area contributed by atoms with E-state index in [-0.39, 0.29) is 0 Å². The largest absolute Gasteiger partial charge is 0.125 e. The normalized spacial score (nSPS) is 11.6. The van der Waals surface area contributed by atoms with Gasteiger partial charge in [-0.2, -0.15) is 0 Å². The van der Waals surface area contributed by atoms with Crippen LogP contribution in [0.4, 0.5) is 0 Å². The molecule has 44 heavy (non-hydrogen) atoms. The monoisotopic (exact) mass is 682 g/mol. The number of hydrogen-bond acceptors (Lipinski definition) is 4. The fourth-order valence-electron chi connectivity index (χ4n) is 5.72. The fraction of sp³-hybridized carbons (Fsp3) is 0.850. The summed E-state index contributed by atoms with van der Waals surface area (Å²) in [5, 5.41) is 0. The highest BCUT2D eigenvalue weighted by molar-refractivity contribution is 8.04. The Kier molecular flexibility index (Phi) is 30.0. The molecule has 0 nitrogen and oxygen atoms in total. The minimum atomic E-state index is 1.28. The Morgan fingerprint density at radius 2 is 0.477 bits per heavy atom. The second kappa shape index (κ2) is 30.9. The average molecular weight is 683 g/mol. The minimum absolute atomic E-state index is 1.28. The van der Waals surface area contributed by atoms with Crippen molar-refractivity contribution in [2.45, 2.75) is 215 Å². The van der Waals surface area contributed by atoms with Gasteiger partial charge in [0.1, 0.15) is 0 Å². The maximum absolute atomic E-state index is 2.45. The molecule has 0 saturated heterocycles. The third kappa shape index (κ3) is 20.1. The Hall–Kier alpha value is 0.620. The minimum Gasteiger partial charge on any atom is -0.125 e. The molecule has 1 rings (SSSR count). The van der Waals surface area contributed by atoms with Gasteiger partial charge >= 0.3 is 0 Å². The number of unbranched alkanes of at least 4 members (excludes halogenated alkanes) is 20. The van der Waals surface area contributed by atoms with Gasteiger partial charge in [-0.3, -0.25) is 0 Å². The molecule has 0 aliphatic heterocycles. The lowest BCUT2D eigenvalue weighted by Gasteiger charge is -2.23. The molecule has 0 saturated carbocycles. The molecule has 0 aliphatic rings. The molecule has 0 radical (unpaired) electrons. The third-order valence-corrected chi connectivity index (χ3v) is 14.2. The van der Waals surface area contributed by atoms with E-state index in [0.717, 1.165) is 0 Å². The highest BCUT2D eigenvalue weighted by Gasteiger charge is 2.21. The van der Waals surface area contributed by atoms with Gasteiger partial charge in [0.15, 0.2) is 0 Å². The first-order chi connectivity index (χ1) is 21.6. The Morgan fingerprint density at radius 3 is 0.727 bits per heavy atom. The van der Waals surface area contributed by atoms with Crippen molar-refractivity contribution in [2.75, 3.05) is 23.0 Å². The molecule has 1 aromatic rings. The molecule has 0 aliphatic carbocycles. The molecule has 0 N–H and O–H groups in total. The van der Waals surface area contributed by atoms with E-state index in [4.69, 9.17) is 0 Å². The molecule has 258 valence electrons. The first-order valence-corrected chi connectivity index (χ1v) is 23.2. The zero-order valence-corrected chi connectivity index (χ0v) is 33.7. The van der Waals surface area contributed by atoms with Crippen LogP contribution < -0.4 is 0 Å². The van der Waals surface area contributed by atoms with E-state index in [0.29, 0.717) is 0 Å². The molecule has 0 spiro atoms. The summed E-state index contributed by atoms with van der Waals surface area (Å²) in [6.07, 6.45) is 33.4. The van der Waals surface area contributed by atoms with Crippen molar-refractivity contribution < 1.29 is 0 Å². The number of thioether (sulfide) groups is 4. The summed E-state index contributed by atoms with van der Waals surface area (Å²) in [6, 6.07) is 0. The molecule has 4 heteroatoms. The molecular weight excluding hydrogens is 609 g/mol. The Bertz CT molecular complexity index is 725. The summed E-state index contributed by atoms with van der Waals surface area (Å²) < 4.78 is 0. The molecule has 0 bridgehead atoms. The summed E-state index contributed by atoms with van der Waals surface area (Å²) in [7, 11) is 0. The lowest BCUT2D eigenvalue weighted by atomic mass is 10.1. The van der Waals surface area contributed by atoms with Crippen LogP contribution in [0.3, 0.4) is 0 Å². The maximum Gasteiger partial charge on any atom is 0.0358 e. The van der Waals surface area contributed by atoms with E-state index >= 15 is 0 Å². The van der Waals surface area contributed by atoms with Gasteiger partial charge in [0.2, 0.25) is 0 Å². The molecule has 0 fully saturated rings. The van der Waals surface area contributed by atoms with Gasteiger partial charge in [0, 0.05) is 19.6 Å². The Balaban J connectivity index is 3.10. The van der Waals surface area contributed by atoms with Crippen molar-refractivity contribution in [2.24, 2.45) is 0 Å². The zero-order chi connectivity index (χ0) is 32.1. The lowest BCUT2D eigenvalue weighted by molar-refractivity contribution is 0.626. The van der Waals surface area contributed by atoms with Crippen LogP contribution in [0.2, 0.25) is 0 Å². The van der Waals surface area contributed by atoms with Gasteiger partial charge in [-0.25, -0.2) is 0 Å². The first-order valence-electron chi connectivity index (χ1n) is 19.3. The third-order valence-electron chi connectivity index (χ3n) is 8.84. The second-order valence-corrected chi connectivity index (χ2v) is 17.5. The van der Waals surface area contributed by atoms with Crippen LogP contribution in [0, 0.1) is 13.8 Å². The second-order valence-electron chi connectivity index (χ2n) is 13.0. The molecule has 1 aromatic carbocycles. The Morgan fingerprint density at radius 1 is 0.273 bits per heavy atom. The summed E-state index contributed by atoms with van der Waals surface area (Å²) in [5.74, 6) is 5.13. The fourth-order valence-corrected chi connectivity index (χ4v) is 11.4. The molecule has 0 heterocycles. The standard InChI is InChI=1S/C40H74S4/c1-7-11-15-19-23-27-31-41-37-35(5)36(6)38(42-32-28-24-20-16-12-8-2)40(44-34-30-26-22-18-14-10-4)39(37)43-33-29-25-21-17-13-9-3/h7-34H2,1-6H3. The van der Waals surface area contributed by atoms with Gasteiger partial charge in [-0.1, -0.05) is 156 Å². The summed E-state index contributed by atoms with van der Waals surface area (Å²) >= 11 is 8.84. The number of rotatable bonds is 32. The maximum atomic E-state index is 2.45. The first kappa shape index (κ1) is 42.6. The number of hydrogen-bond donors (Lipinski definition) is 0. The molecular formula is C40H74S4. The SMILES string of the molecule is CCCCCCCCSc1c(C)c(C)c(SCCCCCCCC)c(SCCCCCCCC)c1SCCCCCCCC. The van der Waals surface area contributed by atoms with Gasteiger partial charge in [-0.05, 0) is 73.7 Å². The van der Waals surface area contributed by atoms with Crippen molar-refractivity contribution in [3.63, 3.8) is 0 Å². The predicted octanol–water partition coefficient (Wildman–Crippen LogP) is 16.1.